The molecular weight excluding hydrogens is 647 g/mol. The maximum Gasteiger partial charge on any atom is 0.351 e. The fraction of sp³-hybridized carbons (Fsp3) is 0.385. The van der Waals surface area contributed by atoms with Crippen molar-refractivity contribution in [3.63, 3.8) is 0 Å². The number of imidazole rings is 1. The first-order chi connectivity index (χ1) is 22.0. The van der Waals surface area contributed by atoms with Crippen molar-refractivity contribution in [3.05, 3.63) is 75.3 Å². The molecule has 20 heteroatoms. The lowest BCUT2D eigenvalue weighted by Gasteiger charge is -2.32. The van der Waals surface area contributed by atoms with Gasteiger partial charge in [0.1, 0.15) is 37.2 Å². The Morgan fingerprint density at radius 1 is 1.15 bits per heavy atom. The molecule has 244 valence electrons. The minimum atomic E-state index is -4.23. The number of carbonyl (C=O) groups is 1. The van der Waals surface area contributed by atoms with Gasteiger partial charge in [-0.25, -0.2) is 9.78 Å². The summed E-state index contributed by atoms with van der Waals surface area (Å²) in [6.07, 6.45) is -3.12. The SMILES string of the molecule is Nc1nc2c(ncn2[C@H]2C[C@H](O)[C@@H](COP([O-])(=S)O[C@H]3C[C@H](n4ccc(NC(=O)c5ccccc5)nc4=O)O[C@@H]3CO)O2)c(=O)[nH]1. The van der Waals surface area contributed by atoms with Gasteiger partial charge in [0.05, 0.1) is 31.7 Å². The van der Waals surface area contributed by atoms with Gasteiger partial charge in [-0.05, 0) is 18.2 Å². The van der Waals surface area contributed by atoms with Gasteiger partial charge in [-0.3, -0.25) is 23.7 Å². The van der Waals surface area contributed by atoms with E-state index < -0.39 is 74.0 Å². The lowest BCUT2D eigenvalue weighted by Crippen LogP contribution is -2.31. The van der Waals surface area contributed by atoms with E-state index in [4.69, 9.17) is 36.1 Å². The van der Waals surface area contributed by atoms with Crippen LogP contribution in [0.3, 0.4) is 0 Å². The van der Waals surface area contributed by atoms with Crippen molar-refractivity contribution in [2.75, 3.05) is 24.3 Å². The summed E-state index contributed by atoms with van der Waals surface area (Å²) in [7, 11) is 0. The molecule has 1 unspecified atom stereocenters. The molecule has 0 bridgehead atoms. The van der Waals surface area contributed by atoms with E-state index in [1.807, 2.05) is 0 Å². The molecule has 0 saturated carbocycles. The highest BCUT2D eigenvalue weighted by Gasteiger charge is 2.40. The maximum atomic E-state index is 13.1. The second kappa shape index (κ2) is 13.1. The van der Waals surface area contributed by atoms with Crippen LogP contribution in [-0.2, 0) is 30.3 Å². The van der Waals surface area contributed by atoms with E-state index in [1.165, 1.54) is 23.2 Å². The Balaban J connectivity index is 1.06. The predicted molar refractivity (Wildman–Crippen MR) is 161 cm³/mol. The zero-order chi connectivity index (χ0) is 32.6. The molecule has 6 rings (SSSR count). The van der Waals surface area contributed by atoms with Gasteiger partial charge in [0.25, 0.3) is 11.5 Å². The van der Waals surface area contributed by atoms with Gasteiger partial charge < -0.3 is 44.7 Å². The minimum Gasteiger partial charge on any atom is -0.780 e. The summed E-state index contributed by atoms with van der Waals surface area (Å²) in [6.45, 7) is -5.19. The second-order valence-corrected chi connectivity index (χ2v) is 13.2. The zero-order valence-electron chi connectivity index (χ0n) is 23.7. The normalized spacial score (nSPS) is 25.9. The summed E-state index contributed by atoms with van der Waals surface area (Å²) in [4.78, 5) is 64.7. The summed E-state index contributed by atoms with van der Waals surface area (Å²) in [5.74, 6) is -0.541. The van der Waals surface area contributed by atoms with Gasteiger partial charge >= 0.3 is 5.69 Å². The van der Waals surface area contributed by atoms with Crippen LogP contribution in [0, 0.1) is 0 Å². The number of aromatic amines is 1. The first kappa shape index (κ1) is 32.0. The number of aromatic nitrogens is 6. The van der Waals surface area contributed by atoms with Crippen LogP contribution in [0.4, 0.5) is 11.8 Å². The average Bonchev–Trinajstić information content (AvgIpc) is 3.73. The van der Waals surface area contributed by atoms with Gasteiger partial charge in [0, 0.05) is 24.6 Å². The van der Waals surface area contributed by atoms with Crippen LogP contribution in [0.25, 0.3) is 11.2 Å². The number of nitrogens with one attached hydrogen (secondary N) is 2. The number of carbonyl (C=O) groups excluding carboxylic acids is 1. The number of nitrogens with two attached hydrogens (primary N) is 1. The fourth-order valence-corrected chi connectivity index (χ4v) is 6.63. The number of hydrogen-bond donors (Lipinski definition) is 5. The molecule has 0 aliphatic carbocycles. The average molecular weight is 676 g/mol. The number of anilines is 2. The van der Waals surface area contributed by atoms with Crippen molar-refractivity contribution >= 4 is 47.4 Å². The Morgan fingerprint density at radius 2 is 1.89 bits per heavy atom. The Morgan fingerprint density at radius 3 is 2.63 bits per heavy atom. The number of rotatable bonds is 10. The molecule has 2 saturated heterocycles. The highest BCUT2D eigenvalue weighted by atomic mass is 32.5. The largest absolute Gasteiger partial charge is 0.780 e. The molecule has 7 atom stereocenters. The van der Waals surface area contributed by atoms with E-state index in [-0.39, 0.29) is 35.8 Å². The number of benzene rings is 1. The number of nitrogen functional groups attached to an aromatic ring is 1. The van der Waals surface area contributed by atoms with E-state index in [0.29, 0.717) is 5.56 Å². The molecule has 3 aromatic heterocycles. The summed E-state index contributed by atoms with van der Waals surface area (Å²) in [5.41, 5.74) is 4.94. The third-order valence-corrected chi connectivity index (χ3v) is 8.97. The molecule has 46 heavy (non-hydrogen) atoms. The topological polar surface area (TPSA) is 254 Å². The van der Waals surface area contributed by atoms with E-state index in [9.17, 15) is 29.5 Å². The summed E-state index contributed by atoms with van der Waals surface area (Å²) in [6, 6.07) is 9.80. The van der Waals surface area contributed by atoms with Crippen molar-refractivity contribution < 1.29 is 38.4 Å². The Hall–Kier alpha value is -3.91. The number of H-pyrrole nitrogens is 1. The zero-order valence-corrected chi connectivity index (χ0v) is 25.5. The quantitative estimate of drug-likeness (QED) is 0.128. The van der Waals surface area contributed by atoms with E-state index >= 15 is 0 Å². The molecule has 6 N–H and O–H groups in total. The van der Waals surface area contributed by atoms with Gasteiger partial charge in [0.15, 0.2) is 11.2 Å². The molecule has 1 amide bonds. The number of aliphatic hydroxyl groups excluding tert-OH is 2. The van der Waals surface area contributed by atoms with Crippen molar-refractivity contribution in [2.24, 2.45) is 0 Å². The van der Waals surface area contributed by atoms with Gasteiger partial charge in [-0.1, -0.05) is 30.0 Å². The van der Waals surface area contributed by atoms with E-state index in [0.717, 1.165) is 4.57 Å². The van der Waals surface area contributed by atoms with Crippen LogP contribution in [-0.4, -0.2) is 82.8 Å². The number of nitrogens with zero attached hydrogens (tertiary/aromatic N) is 5. The molecule has 0 spiro atoms. The van der Waals surface area contributed by atoms with Crippen molar-refractivity contribution in [1.82, 2.24) is 29.1 Å². The summed E-state index contributed by atoms with van der Waals surface area (Å²) >= 11 is 5.07. The smallest absolute Gasteiger partial charge is 0.351 e. The molecule has 2 fully saturated rings. The van der Waals surface area contributed by atoms with Crippen LogP contribution < -0.4 is 27.2 Å². The van der Waals surface area contributed by atoms with Gasteiger partial charge in [0.2, 0.25) is 5.95 Å². The van der Waals surface area contributed by atoms with Crippen LogP contribution >= 0.6 is 6.72 Å². The van der Waals surface area contributed by atoms with E-state index in [2.05, 4.69) is 25.3 Å². The lowest BCUT2D eigenvalue weighted by atomic mass is 10.2. The molecule has 2 aliphatic rings. The van der Waals surface area contributed by atoms with Crippen molar-refractivity contribution in [1.29, 1.82) is 0 Å². The highest BCUT2D eigenvalue weighted by Crippen LogP contribution is 2.46. The summed E-state index contributed by atoms with van der Waals surface area (Å²) in [5, 5.41) is 23.0. The standard InChI is InChI=1S/C26H29N8O10PS/c27-25-31-22-21(24(38)32-25)28-12-34(22)19-8-14(36)17(43-19)11-41-45(40,46)44-15-9-20(42-16(15)10-35)33-7-6-18(30-26(33)39)29-23(37)13-4-2-1-3-5-13/h1-7,12,14-17,19-20,35-36H,8-11H2,(H,40,46)(H3,27,31,32,38)(H,29,30,37,39)/p-1/t14-,15-,16+,17+,19+,20+,45?/m0/s1. The molecule has 2 aliphatic heterocycles. The first-order valence-corrected chi connectivity index (χ1v) is 16.5. The number of aliphatic hydroxyl groups is 2. The predicted octanol–water partition coefficient (Wildman–Crippen LogP) is -0.874. The molecule has 0 radical (unpaired) electrons. The minimum absolute atomic E-state index is 0.0249. The first-order valence-electron chi connectivity index (χ1n) is 13.9. The second-order valence-electron chi connectivity index (χ2n) is 10.5. The van der Waals surface area contributed by atoms with Crippen LogP contribution in [0.1, 0.15) is 35.7 Å². The Labute approximate surface area is 264 Å². The van der Waals surface area contributed by atoms with Gasteiger partial charge in [-0.2, -0.15) is 9.97 Å². The molecule has 1 aromatic carbocycles. The van der Waals surface area contributed by atoms with Gasteiger partial charge in [-0.15, -0.1) is 0 Å². The lowest BCUT2D eigenvalue weighted by molar-refractivity contribution is -0.215. The van der Waals surface area contributed by atoms with E-state index in [1.54, 1.807) is 30.3 Å². The van der Waals surface area contributed by atoms with Crippen LogP contribution in [0.15, 0.2) is 58.5 Å². The monoisotopic (exact) mass is 675 g/mol. The number of fused-ring (bicyclic) bond motifs is 1. The van der Waals surface area contributed by atoms with Crippen LogP contribution in [0.5, 0.6) is 0 Å². The number of ether oxygens (including phenoxy) is 2. The summed E-state index contributed by atoms with van der Waals surface area (Å²) < 4.78 is 25.1. The Kier molecular flexibility index (Phi) is 9.10. The number of amides is 1. The Bertz CT molecular complexity index is 1900. The van der Waals surface area contributed by atoms with Crippen LogP contribution in [0.2, 0.25) is 0 Å². The van der Waals surface area contributed by atoms with Crippen molar-refractivity contribution in [3.8, 4) is 0 Å². The molecule has 5 heterocycles. The third kappa shape index (κ3) is 6.77. The third-order valence-electron chi connectivity index (χ3n) is 7.40. The molecule has 4 aromatic rings. The van der Waals surface area contributed by atoms with Crippen molar-refractivity contribution in [2.45, 2.75) is 49.7 Å². The maximum absolute atomic E-state index is 13.1. The fourth-order valence-electron chi connectivity index (χ4n) is 5.18. The number of hydrogen-bond acceptors (Lipinski definition) is 15. The molecular formula is C26H28N8O10PS-. The molecule has 18 nitrogen and oxygen atoms in total. The highest BCUT2D eigenvalue weighted by molar-refractivity contribution is 8.06.